The smallest absolute Gasteiger partial charge is 0.248 e. The molecule has 2 bridgehead atoms. The van der Waals surface area contributed by atoms with Gasteiger partial charge in [0.2, 0.25) is 11.8 Å². The Bertz CT molecular complexity index is 407. The van der Waals surface area contributed by atoms with E-state index in [1.807, 2.05) is 0 Å². The van der Waals surface area contributed by atoms with E-state index < -0.39 is 11.6 Å². The van der Waals surface area contributed by atoms with Crippen LogP contribution < -0.4 is 5.32 Å². The summed E-state index contributed by atoms with van der Waals surface area (Å²) < 4.78 is 5.81. The van der Waals surface area contributed by atoms with E-state index in [2.05, 4.69) is 5.32 Å². The van der Waals surface area contributed by atoms with Gasteiger partial charge in [0.25, 0.3) is 0 Å². The molecular weight excluding hydrogens is 232 g/mol. The maximum Gasteiger partial charge on any atom is 0.248 e. The standard InChI is InChI=1S/C13H20N2O3/c1-7-11(16)14-13(2,3)12(17)15(7)9-6-8-4-5-10(9)18-8/h7-10H,4-6H2,1-3H3,(H,14,16). The van der Waals surface area contributed by atoms with Gasteiger partial charge in [0.15, 0.2) is 0 Å². The van der Waals surface area contributed by atoms with Crippen molar-refractivity contribution in [2.45, 2.75) is 69.9 Å². The van der Waals surface area contributed by atoms with Crippen molar-refractivity contribution in [3.63, 3.8) is 0 Å². The highest BCUT2D eigenvalue weighted by Gasteiger charge is 2.52. The highest BCUT2D eigenvalue weighted by molar-refractivity contribution is 5.99. The lowest BCUT2D eigenvalue weighted by Crippen LogP contribution is -2.70. The van der Waals surface area contributed by atoms with E-state index in [9.17, 15) is 9.59 Å². The molecule has 5 nitrogen and oxygen atoms in total. The van der Waals surface area contributed by atoms with Crippen molar-refractivity contribution in [1.82, 2.24) is 10.2 Å². The Hall–Kier alpha value is -1.10. The van der Waals surface area contributed by atoms with Gasteiger partial charge in [0.05, 0.1) is 18.2 Å². The summed E-state index contributed by atoms with van der Waals surface area (Å²) >= 11 is 0. The lowest BCUT2D eigenvalue weighted by molar-refractivity contribution is -0.156. The first-order valence-corrected chi connectivity index (χ1v) is 6.70. The van der Waals surface area contributed by atoms with Gasteiger partial charge in [-0.05, 0) is 40.0 Å². The number of nitrogens with one attached hydrogen (secondary N) is 1. The van der Waals surface area contributed by atoms with Crippen molar-refractivity contribution < 1.29 is 14.3 Å². The summed E-state index contributed by atoms with van der Waals surface area (Å²) in [5.74, 6) is -0.0573. The number of hydrogen-bond donors (Lipinski definition) is 1. The predicted octanol–water partition coefficient (Wildman–Crippen LogP) is 0.432. The van der Waals surface area contributed by atoms with Crippen LogP contribution in [0, 0.1) is 0 Å². The summed E-state index contributed by atoms with van der Waals surface area (Å²) in [5.41, 5.74) is -0.800. The van der Waals surface area contributed by atoms with Crippen LogP contribution in [-0.2, 0) is 14.3 Å². The normalized spacial score (nSPS) is 42.3. The molecule has 3 aliphatic rings. The summed E-state index contributed by atoms with van der Waals surface area (Å²) in [7, 11) is 0. The van der Waals surface area contributed by atoms with E-state index in [-0.39, 0.29) is 30.1 Å². The van der Waals surface area contributed by atoms with Gasteiger partial charge in [-0.3, -0.25) is 9.59 Å². The van der Waals surface area contributed by atoms with Crippen LogP contribution in [-0.4, -0.2) is 46.5 Å². The van der Waals surface area contributed by atoms with Crippen molar-refractivity contribution >= 4 is 11.8 Å². The number of nitrogens with zero attached hydrogens (tertiary/aromatic N) is 1. The van der Waals surface area contributed by atoms with E-state index in [1.54, 1.807) is 25.7 Å². The molecule has 100 valence electrons. The maximum absolute atomic E-state index is 12.5. The van der Waals surface area contributed by atoms with Crippen LogP contribution in [0.2, 0.25) is 0 Å². The Balaban J connectivity index is 1.89. The summed E-state index contributed by atoms with van der Waals surface area (Å²) in [6, 6.07) is -0.310. The molecule has 4 atom stereocenters. The minimum Gasteiger partial charge on any atom is -0.373 e. The third-order valence-electron chi connectivity index (χ3n) is 4.43. The fourth-order valence-corrected chi connectivity index (χ4v) is 3.43. The molecule has 3 heterocycles. The van der Waals surface area contributed by atoms with Crippen molar-refractivity contribution in [2.24, 2.45) is 0 Å². The fourth-order valence-electron chi connectivity index (χ4n) is 3.43. The molecule has 0 spiro atoms. The zero-order chi connectivity index (χ0) is 13.1. The molecule has 3 rings (SSSR count). The zero-order valence-corrected chi connectivity index (χ0v) is 11.1. The monoisotopic (exact) mass is 252 g/mol. The van der Waals surface area contributed by atoms with E-state index >= 15 is 0 Å². The molecule has 0 aliphatic carbocycles. The molecule has 0 aromatic rings. The Labute approximate surface area is 107 Å². The Kier molecular flexibility index (Phi) is 2.46. The van der Waals surface area contributed by atoms with Crippen LogP contribution in [0.1, 0.15) is 40.0 Å². The van der Waals surface area contributed by atoms with Crippen molar-refractivity contribution in [3.8, 4) is 0 Å². The average molecular weight is 252 g/mol. The van der Waals surface area contributed by atoms with Gasteiger partial charge >= 0.3 is 0 Å². The third kappa shape index (κ3) is 1.56. The Morgan fingerprint density at radius 1 is 1.33 bits per heavy atom. The highest BCUT2D eigenvalue weighted by atomic mass is 16.5. The molecule has 0 saturated carbocycles. The second-order valence-corrected chi connectivity index (χ2v) is 6.18. The van der Waals surface area contributed by atoms with Crippen LogP contribution in [0.15, 0.2) is 0 Å². The molecule has 3 fully saturated rings. The van der Waals surface area contributed by atoms with Crippen LogP contribution in [0.25, 0.3) is 0 Å². The summed E-state index contributed by atoms with van der Waals surface area (Å²) in [5, 5.41) is 2.78. The fraction of sp³-hybridized carbons (Fsp3) is 0.846. The number of piperazine rings is 1. The molecule has 0 aromatic heterocycles. The number of fused-ring (bicyclic) bond motifs is 2. The summed E-state index contributed by atoms with van der Waals surface area (Å²) in [4.78, 5) is 26.3. The minimum atomic E-state index is -0.800. The number of hydrogen-bond acceptors (Lipinski definition) is 3. The Morgan fingerprint density at radius 3 is 2.61 bits per heavy atom. The molecule has 5 heteroatoms. The molecule has 18 heavy (non-hydrogen) atoms. The van der Waals surface area contributed by atoms with E-state index in [4.69, 9.17) is 4.74 Å². The number of carbonyl (C=O) groups is 2. The largest absolute Gasteiger partial charge is 0.373 e. The average Bonchev–Trinajstić information content (AvgIpc) is 2.88. The van der Waals surface area contributed by atoms with Crippen LogP contribution in [0.4, 0.5) is 0 Å². The molecule has 3 saturated heterocycles. The molecule has 1 N–H and O–H groups in total. The van der Waals surface area contributed by atoms with Crippen LogP contribution in [0.5, 0.6) is 0 Å². The second kappa shape index (κ2) is 3.70. The van der Waals surface area contributed by atoms with E-state index in [1.165, 1.54) is 0 Å². The molecule has 3 aliphatic heterocycles. The van der Waals surface area contributed by atoms with Crippen molar-refractivity contribution in [3.05, 3.63) is 0 Å². The number of ether oxygens (including phenoxy) is 1. The van der Waals surface area contributed by atoms with Gasteiger partial charge in [-0.15, -0.1) is 0 Å². The molecule has 0 radical (unpaired) electrons. The first-order valence-electron chi connectivity index (χ1n) is 6.70. The first-order chi connectivity index (χ1) is 8.40. The van der Waals surface area contributed by atoms with Crippen LogP contribution in [0.3, 0.4) is 0 Å². The van der Waals surface area contributed by atoms with Crippen molar-refractivity contribution in [1.29, 1.82) is 0 Å². The van der Waals surface area contributed by atoms with Gasteiger partial charge in [-0.2, -0.15) is 0 Å². The first kappa shape index (κ1) is 12.0. The number of carbonyl (C=O) groups excluding carboxylic acids is 2. The third-order valence-corrected chi connectivity index (χ3v) is 4.43. The maximum atomic E-state index is 12.5. The van der Waals surface area contributed by atoms with E-state index in [0.29, 0.717) is 0 Å². The minimum absolute atomic E-state index is 0.00995. The van der Waals surface area contributed by atoms with Gasteiger partial charge in [0, 0.05) is 0 Å². The molecule has 4 unspecified atom stereocenters. The zero-order valence-electron chi connectivity index (χ0n) is 11.1. The predicted molar refractivity (Wildman–Crippen MR) is 64.8 cm³/mol. The summed E-state index contributed by atoms with van der Waals surface area (Å²) in [6.07, 6.45) is 3.39. The molecular formula is C13H20N2O3. The molecule has 2 amide bonds. The lowest BCUT2D eigenvalue weighted by Gasteiger charge is -2.45. The molecule has 0 aromatic carbocycles. The number of amides is 2. The van der Waals surface area contributed by atoms with Crippen LogP contribution >= 0.6 is 0 Å². The topological polar surface area (TPSA) is 58.6 Å². The SMILES string of the molecule is CC1C(=O)NC(C)(C)C(=O)N1C1CC2CCC1O2. The van der Waals surface area contributed by atoms with E-state index in [0.717, 1.165) is 19.3 Å². The lowest BCUT2D eigenvalue weighted by atomic mass is 9.89. The number of rotatable bonds is 1. The van der Waals surface area contributed by atoms with Gasteiger partial charge in [-0.25, -0.2) is 0 Å². The second-order valence-electron chi connectivity index (χ2n) is 6.18. The van der Waals surface area contributed by atoms with Crippen molar-refractivity contribution in [2.75, 3.05) is 0 Å². The summed E-state index contributed by atoms with van der Waals surface area (Å²) in [6.45, 7) is 5.33. The van der Waals surface area contributed by atoms with Gasteiger partial charge in [-0.1, -0.05) is 0 Å². The quantitative estimate of drug-likeness (QED) is 0.736. The highest BCUT2D eigenvalue weighted by Crippen LogP contribution is 2.39. The van der Waals surface area contributed by atoms with Gasteiger partial charge < -0.3 is 15.0 Å². The Morgan fingerprint density at radius 2 is 2.06 bits per heavy atom. The van der Waals surface area contributed by atoms with Gasteiger partial charge in [0.1, 0.15) is 11.6 Å².